The SMILES string of the molecule is Cc1ccc2c(c1)oc1ccc(-c3ccc4s[c-]c(-c5nc6ccccc6n5-c5c(C(C)C)cccc5C(C)C)c4c3)cc12.[2H]C([2H])([2H])c1c[c-]c(-c2ccc(C([2H])([2H])[2H])cn2)cc1.[Ir]. The molecule has 59 heavy (non-hydrogen) atoms. The van der Waals surface area contributed by atoms with Crippen LogP contribution in [0.5, 0.6) is 0 Å². The van der Waals surface area contributed by atoms with Crippen molar-refractivity contribution < 1.29 is 32.7 Å². The Morgan fingerprint density at radius 1 is 0.695 bits per heavy atom. The maximum absolute atomic E-state index is 7.28. The van der Waals surface area contributed by atoms with E-state index in [1.165, 1.54) is 68.0 Å². The molecule has 0 atom stereocenters. The Bertz CT molecular complexity index is 3240. The molecule has 0 fully saturated rings. The number of para-hydroxylation sites is 3. The summed E-state index contributed by atoms with van der Waals surface area (Å²) in [6.45, 7) is 6.88. The number of fused-ring (bicyclic) bond motifs is 5. The quantitative estimate of drug-likeness (QED) is 0.156. The Kier molecular flexibility index (Phi) is 9.31. The first-order valence-electron chi connectivity index (χ1n) is 22.5. The van der Waals surface area contributed by atoms with Gasteiger partial charge in [0.1, 0.15) is 11.2 Å². The van der Waals surface area contributed by atoms with E-state index in [0.29, 0.717) is 23.1 Å². The minimum absolute atomic E-state index is 0. The number of furan rings is 1. The van der Waals surface area contributed by atoms with Crippen LogP contribution in [0.4, 0.5) is 0 Å². The van der Waals surface area contributed by atoms with Gasteiger partial charge in [-0.15, -0.1) is 40.8 Å². The molecule has 0 bridgehead atoms. The Balaban J connectivity index is 0.000000232. The Morgan fingerprint density at radius 3 is 2.14 bits per heavy atom. The summed E-state index contributed by atoms with van der Waals surface area (Å²) < 4.78 is 53.4. The van der Waals surface area contributed by atoms with Crippen LogP contribution in [-0.4, -0.2) is 14.5 Å². The fourth-order valence-corrected chi connectivity index (χ4v) is 8.53. The molecule has 295 valence electrons. The van der Waals surface area contributed by atoms with Crippen LogP contribution in [0, 0.1) is 32.1 Å². The summed E-state index contributed by atoms with van der Waals surface area (Å²) in [4.78, 5) is 9.36. The standard InChI is InChI=1S/C40H33N2OS.C13H12N.Ir/c1-23(2)28-9-8-10-29(24(3)4)39(28)42-35-12-7-6-11-34(35)41-40(42)33-22-44-38-18-15-27(21-32(33)38)26-14-17-36-31(20-26)30-16-13-25(5)19-37(30)43-36;1-10-3-6-12(7-4-10)13-8-5-11(2)9-14-13;/h6-21,23-24H,1-5H3;3-6,8-9H,1-2H3;/q2*-1;/i;1D3,2D3;. The molecule has 0 aliphatic heterocycles. The van der Waals surface area contributed by atoms with Crippen molar-refractivity contribution in [3.05, 3.63) is 173 Å². The second-order valence-electron chi connectivity index (χ2n) is 15.4. The summed E-state index contributed by atoms with van der Waals surface area (Å²) in [7, 11) is 0. The third-order valence-corrected chi connectivity index (χ3v) is 11.6. The van der Waals surface area contributed by atoms with E-state index in [2.05, 4.69) is 153 Å². The van der Waals surface area contributed by atoms with Crippen molar-refractivity contribution in [2.75, 3.05) is 0 Å². The number of pyridine rings is 1. The molecule has 0 spiro atoms. The molecule has 6 aromatic carbocycles. The molecule has 10 aromatic rings. The second kappa shape index (κ2) is 16.5. The second-order valence-corrected chi connectivity index (χ2v) is 16.2. The molecule has 1 radical (unpaired) electrons. The van der Waals surface area contributed by atoms with E-state index in [1.54, 1.807) is 23.5 Å². The molecule has 0 unspecified atom stereocenters. The van der Waals surface area contributed by atoms with Crippen molar-refractivity contribution in [2.24, 2.45) is 0 Å². The van der Waals surface area contributed by atoms with Gasteiger partial charge >= 0.3 is 0 Å². The molecule has 0 aliphatic rings. The zero-order chi connectivity index (χ0) is 45.1. The number of nitrogens with zero attached hydrogens (tertiary/aromatic N) is 3. The predicted octanol–water partition coefficient (Wildman–Crippen LogP) is 15.0. The largest absolute Gasteiger partial charge is 0.456 e. The zero-order valence-corrected chi connectivity index (χ0v) is 36.6. The van der Waals surface area contributed by atoms with Crippen molar-refractivity contribution in [3.8, 4) is 39.5 Å². The minimum atomic E-state index is -2.18. The summed E-state index contributed by atoms with van der Waals surface area (Å²) >= 11 is 1.66. The number of hydrogen-bond donors (Lipinski definition) is 0. The zero-order valence-electron chi connectivity index (χ0n) is 39.3. The number of thiophene rings is 1. The molecule has 0 saturated heterocycles. The average Bonchev–Trinajstić information content (AvgIpc) is 3.98. The van der Waals surface area contributed by atoms with Gasteiger partial charge in [-0.3, -0.25) is 16.3 Å². The van der Waals surface area contributed by atoms with Crippen LogP contribution in [0.3, 0.4) is 0 Å². The van der Waals surface area contributed by atoms with E-state index in [9.17, 15) is 0 Å². The van der Waals surface area contributed by atoms with Gasteiger partial charge in [0, 0.05) is 51.0 Å². The smallest absolute Gasteiger partial charge is 0.135 e. The van der Waals surface area contributed by atoms with Crippen LogP contribution in [0.25, 0.3) is 82.5 Å². The number of imidazole rings is 1. The first-order chi connectivity index (χ1) is 30.5. The normalized spacial score (nSPS) is 13.4. The topological polar surface area (TPSA) is 43.9 Å². The predicted molar refractivity (Wildman–Crippen MR) is 244 cm³/mol. The third-order valence-electron chi connectivity index (χ3n) is 10.7. The maximum Gasteiger partial charge on any atom is 0.135 e. The molecular formula is C53H45IrN3OS-2. The number of aromatic nitrogens is 3. The van der Waals surface area contributed by atoms with E-state index in [4.69, 9.17) is 17.6 Å². The molecule has 10 rings (SSSR count). The van der Waals surface area contributed by atoms with Gasteiger partial charge in [-0.05, 0) is 95.0 Å². The van der Waals surface area contributed by atoms with Crippen molar-refractivity contribution in [1.82, 2.24) is 14.5 Å². The number of aryl methyl sites for hydroxylation is 3. The van der Waals surface area contributed by atoms with E-state index >= 15 is 0 Å². The Morgan fingerprint density at radius 2 is 1.42 bits per heavy atom. The van der Waals surface area contributed by atoms with Gasteiger partial charge in [0.2, 0.25) is 0 Å². The Hall–Kier alpha value is -5.65. The van der Waals surface area contributed by atoms with E-state index < -0.39 is 13.7 Å². The van der Waals surface area contributed by atoms with Crippen molar-refractivity contribution >= 4 is 54.4 Å². The first kappa shape index (κ1) is 33.2. The fourth-order valence-electron chi connectivity index (χ4n) is 7.71. The number of benzene rings is 6. The van der Waals surface area contributed by atoms with Crippen LogP contribution >= 0.6 is 11.3 Å². The molecule has 6 heteroatoms. The van der Waals surface area contributed by atoms with Crippen molar-refractivity contribution in [3.63, 3.8) is 0 Å². The molecule has 4 aromatic heterocycles. The van der Waals surface area contributed by atoms with Gasteiger partial charge in [-0.25, -0.2) is 0 Å². The summed E-state index contributed by atoms with van der Waals surface area (Å²) in [5.41, 5.74) is 14.0. The van der Waals surface area contributed by atoms with E-state index in [1.807, 2.05) is 0 Å². The van der Waals surface area contributed by atoms with Crippen molar-refractivity contribution in [1.29, 1.82) is 0 Å². The van der Waals surface area contributed by atoms with Gasteiger partial charge in [-0.1, -0.05) is 129 Å². The molecule has 0 aliphatic carbocycles. The van der Waals surface area contributed by atoms with Crippen LogP contribution in [0.1, 0.15) is 75.6 Å². The minimum Gasteiger partial charge on any atom is -0.456 e. The van der Waals surface area contributed by atoms with Gasteiger partial charge in [0.15, 0.2) is 0 Å². The first-order valence-corrected chi connectivity index (χ1v) is 20.3. The van der Waals surface area contributed by atoms with Gasteiger partial charge < -0.3 is 14.0 Å². The molecular weight excluding hydrogens is 919 g/mol. The third kappa shape index (κ3) is 7.69. The number of rotatable bonds is 6. The van der Waals surface area contributed by atoms with Crippen molar-refractivity contribution in [2.45, 2.75) is 60.2 Å². The van der Waals surface area contributed by atoms with Gasteiger partial charge in [0.25, 0.3) is 0 Å². The van der Waals surface area contributed by atoms with Crippen LogP contribution in [-0.2, 0) is 20.1 Å². The summed E-state index contributed by atoms with van der Waals surface area (Å²) in [6.07, 6.45) is 1.30. The van der Waals surface area contributed by atoms with Gasteiger partial charge in [0.05, 0.1) is 16.9 Å². The molecule has 4 nitrogen and oxygen atoms in total. The van der Waals surface area contributed by atoms with Gasteiger partial charge in [-0.2, -0.15) is 0 Å². The van der Waals surface area contributed by atoms with Crippen LogP contribution in [0.15, 0.2) is 138 Å². The maximum atomic E-state index is 7.28. The molecule has 0 saturated carbocycles. The monoisotopic (exact) mass is 970 g/mol. The summed E-state index contributed by atoms with van der Waals surface area (Å²) in [5, 5.41) is 7.14. The van der Waals surface area contributed by atoms with E-state index in [0.717, 1.165) is 44.4 Å². The van der Waals surface area contributed by atoms with E-state index in [-0.39, 0.29) is 31.2 Å². The molecule has 4 heterocycles. The summed E-state index contributed by atoms with van der Waals surface area (Å²) in [5.74, 6) is 1.67. The average molecular weight is 970 g/mol. The fraction of sp³-hybridized carbons (Fsp3) is 0.170. The number of hydrogen-bond acceptors (Lipinski definition) is 4. The Labute approximate surface area is 372 Å². The summed E-state index contributed by atoms with van der Waals surface area (Å²) in [6, 6.07) is 45.4. The molecule has 0 amide bonds. The van der Waals surface area contributed by atoms with Crippen LogP contribution < -0.4 is 0 Å². The van der Waals surface area contributed by atoms with Crippen LogP contribution in [0.2, 0.25) is 0 Å². The molecule has 0 N–H and O–H groups in total.